The topological polar surface area (TPSA) is 67.3 Å². The number of ether oxygens (including phenoxy) is 1. The van der Waals surface area contributed by atoms with Crippen molar-refractivity contribution in [3.05, 3.63) is 83.8 Å². The van der Waals surface area contributed by atoms with Crippen LogP contribution in [0.5, 0.6) is 11.6 Å². The Morgan fingerprint density at radius 1 is 1.10 bits per heavy atom. The lowest BCUT2D eigenvalue weighted by Gasteiger charge is -2.28. The van der Waals surface area contributed by atoms with Gasteiger partial charge >= 0.3 is 6.03 Å². The van der Waals surface area contributed by atoms with Crippen LogP contribution in [0.25, 0.3) is 6.08 Å². The first-order chi connectivity index (χ1) is 14.7. The largest absolute Gasteiger partial charge is 0.439 e. The number of nitrogens with zero attached hydrogens (tertiary/aromatic N) is 3. The average Bonchev–Trinajstić information content (AvgIpc) is 2.77. The third-order valence-corrected chi connectivity index (χ3v) is 4.94. The van der Waals surface area contributed by atoms with Crippen LogP contribution in [0.15, 0.2) is 72.7 Å². The summed E-state index contributed by atoms with van der Waals surface area (Å²) in [5.74, 6) is 1.34. The van der Waals surface area contributed by atoms with E-state index >= 15 is 0 Å². The number of aromatic nitrogens is 2. The molecular formula is C24H24N4O2. The summed E-state index contributed by atoms with van der Waals surface area (Å²) in [6.45, 7) is 3.39. The lowest BCUT2D eigenvalue weighted by molar-refractivity contribution is 0.208. The monoisotopic (exact) mass is 400 g/mol. The van der Waals surface area contributed by atoms with Crippen LogP contribution in [0.1, 0.15) is 24.0 Å². The molecule has 2 aromatic heterocycles. The van der Waals surface area contributed by atoms with Crippen molar-refractivity contribution in [3.63, 3.8) is 0 Å². The molecule has 0 radical (unpaired) electrons. The van der Waals surface area contributed by atoms with Crippen molar-refractivity contribution in [2.45, 2.75) is 19.8 Å². The number of urea groups is 1. The summed E-state index contributed by atoms with van der Waals surface area (Å²) in [5, 5.41) is 2.89. The molecule has 6 heteroatoms. The number of rotatable bonds is 4. The van der Waals surface area contributed by atoms with Crippen LogP contribution in [-0.4, -0.2) is 34.0 Å². The van der Waals surface area contributed by atoms with E-state index in [1.165, 1.54) is 5.57 Å². The third kappa shape index (κ3) is 5.23. The number of likely N-dealkylation sites (tertiary alicyclic amines) is 1. The van der Waals surface area contributed by atoms with Crippen molar-refractivity contribution in [2.75, 3.05) is 18.4 Å². The number of pyridine rings is 2. The van der Waals surface area contributed by atoms with Crippen LogP contribution >= 0.6 is 0 Å². The standard InChI is InChI=1S/C24H24N4O2/c1-18-7-8-23(26-16-18)30-22-6-2-4-20(15-22)14-19-9-12-28(13-10-19)24(29)27-21-5-3-11-25-17-21/h2-8,11,14-17H,9-10,12-13H2,1H3,(H,27,29). The average molecular weight is 400 g/mol. The van der Waals surface area contributed by atoms with Crippen LogP contribution in [0.3, 0.4) is 0 Å². The van der Waals surface area contributed by atoms with E-state index in [1.807, 2.05) is 48.2 Å². The summed E-state index contributed by atoms with van der Waals surface area (Å²) in [6, 6.07) is 15.4. The van der Waals surface area contributed by atoms with Gasteiger partial charge in [-0.1, -0.05) is 29.8 Å². The number of hydrogen-bond donors (Lipinski definition) is 1. The van der Waals surface area contributed by atoms with Gasteiger partial charge in [0.25, 0.3) is 0 Å². The van der Waals surface area contributed by atoms with E-state index in [1.54, 1.807) is 24.7 Å². The number of carbonyl (C=O) groups is 1. The number of amides is 2. The summed E-state index contributed by atoms with van der Waals surface area (Å²) in [4.78, 5) is 22.6. The first-order valence-corrected chi connectivity index (χ1v) is 10.0. The third-order valence-electron chi connectivity index (χ3n) is 4.94. The minimum atomic E-state index is -0.0805. The molecule has 0 aliphatic carbocycles. The molecule has 1 aliphatic heterocycles. The second-order valence-electron chi connectivity index (χ2n) is 7.31. The van der Waals surface area contributed by atoms with Gasteiger partial charge in [0.1, 0.15) is 5.75 Å². The van der Waals surface area contributed by atoms with Crippen LogP contribution in [0.2, 0.25) is 0 Å². The van der Waals surface area contributed by atoms with Gasteiger partial charge in [-0.2, -0.15) is 0 Å². The molecule has 0 spiro atoms. The molecule has 0 atom stereocenters. The molecule has 30 heavy (non-hydrogen) atoms. The van der Waals surface area contributed by atoms with E-state index in [9.17, 15) is 4.79 Å². The molecule has 0 unspecified atom stereocenters. The van der Waals surface area contributed by atoms with Gasteiger partial charge in [0.15, 0.2) is 0 Å². The first-order valence-electron chi connectivity index (χ1n) is 10.0. The number of benzene rings is 1. The Balaban J connectivity index is 1.35. The highest BCUT2D eigenvalue weighted by molar-refractivity contribution is 5.89. The maximum absolute atomic E-state index is 12.4. The van der Waals surface area contributed by atoms with Crippen LogP contribution in [-0.2, 0) is 0 Å². The van der Waals surface area contributed by atoms with Crippen molar-refractivity contribution in [1.29, 1.82) is 0 Å². The molecular weight excluding hydrogens is 376 g/mol. The molecule has 1 aliphatic rings. The highest BCUT2D eigenvalue weighted by Gasteiger charge is 2.19. The Labute approximate surface area is 176 Å². The van der Waals surface area contributed by atoms with Crippen molar-refractivity contribution in [2.24, 2.45) is 0 Å². The van der Waals surface area contributed by atoms with Crippen molar-refractivity contribution < 1.29 is 9.53 Å². The lowest BCUT2D eigenvalue weighted by Crippen LogP contribution is -2.39. The molecule has 6 nitrogen and oxygen atoms in total. The van der Waals surface area contributed by atoms with Gasteiger partial charge < -0.3 is 15.0 Å². The fourth-order valence-corrected chi connectivity index (χ4v) is 3.32. The Morgan fingerprint density at radius 2 is 1.97 bits per heavy atom. The Bertz CT molecular complexity index is 1020. The summed E-state index contributed by atoms with van der Waals surface area (Å²) in [6.07, 6.45) is 9.01. The molecule has 0 saturated carbocycles. The van der Waals surface area contributed by atoms with E-state index in [-0.39, 0.29) is 6.03 Å². The van der Waals surface area contributed by atoms with E-state index in [2.05, 4.69) is 27.4 Å². The van der Waals surface area contributed by atoms with E-state index < -0.39 is 0 Å². The molecule has 0 bridgehead atoms. The van der Waals surface area contributed by atoms with Gasteiger partial charge in [0.2, 0.25) is 5.88 Å². The van der Waals surface area contributed by atoms with Crippen molar-refractivity contribution in [1.82, 2.24) is 14.9 Å². The van der Waals surface area contributed by atoms with Crippen molar-refractivity contribution in [3.8, 4) is 11.6 Å². The van der Waals surface area contributed by atoms with Gasteiger partial charge in [0.05, 0.1) is 11.9 Å². The second-order valence-corrected chi connectivity index (χ2v) is 7.31. The zero-order chi connectivity index (χ0) is 20.8. The zero-order valence-corrected chi connectivity index (χ0v) is 16.9. The predicted octanol–water partition coefficient (Wildman–Crippen LogP) is 5.29. The fraction of sp³-hybridized carbons (Fsp3) is 0.208. The minimum absolute atomic E-state index is 0.0805. The Hall–Kier alpha value is -3.67. The summed E-state index contributed by atoms with van der Waals surface area (Å²) in [7, 11) is 0. The molecule has 3 aromatic rings. The van der Waals surface area contributed by atoms with Gasteiger partial charge in [-0.3, -0.25) is 4.98 Å². The van der Waals surface area contributed by atoms with Crippen LogP contribution < -0.4 is 10.1 Å². The normalized spacial score (nSPS) is 13.6. The minimum Gasteiger partial charge on any atom is -0.439 e. The smallest absolute Gasteiger partial charge is 0.321 e. The lowest BCUT2D eigenvalue weighted by atomic mass is 10.0. The number of carbonyl (C=O) groups excluding carboxylic acids is 1. The maximum Gasteiger partial charge on any atom is 0.321 e. The summed E-state index contributed by atoms with van der Waals surface area (Å²) >= 11 is 0. The SMILES string of the molecule is Cc1ccc(Oc2cccc(C=C3CCN(C(=O)Nc4cccnc4)CC3)c2)nc1. The summed E-state index contributed by atoms with van der Waals surface area (Å²) in [5.41, 5.74) is 4.22. The highest BCUT2D eigenvalue weighted by Crippen LogP contribution is 2.24. The number of piperidine rings is 1. The van der Waals surface area contributed by atoms with Gasteiger partial charge in [-0.25, -0.2) is 9.78 Å². The van der Waals surface area contributed by atoms with Crippen LogP contribution in [0, 0.1) is 6.92 Å². The zero-order valence-electron chi connectivity index (χ0n) is 16.9. The summed E-state index contributed by atoms with van der Waals surface area (Å²) < 4.78 is 5.86. The van der Waals surface area contributed by atoms with Gasteiger partial charge in [-0.15, -0.1) is 0 Å². The first kappa shape index (κ1) is 19.6. The number of aryl methyl sites for hydroxylation is 1. The number of nitrogens with one attached hydrogen (secondary N) is 1. The van der Waals surface area contributed by atoms with E-state index in [0.717, 1.165) is 29.7 Å². The van der Waals surface area contributed by atoms with Gasteiger partial charge in [0, 0.05) is 31.5 Å². The quantitative estimate of drug-likeness (QED) is 0.646. The molecule has 1 saturated heterocycles. The van der Waals surface area contributed by atoms with Gasteiger partial charge in [-0.05, 0) is 55.2 Å². The highest BCUT2D eigenvalue weighted by atomic mass is 16.5. The molecule has 1 fully saturated rings. The Morgan fingerprint density at radius 3 is 2.70 bits per heavy atom. The molecule has 152 valence electrons. The number of anilines is 1. The Kier molecular flexibility index (Phi) is 6.03. The maximum atomic E-state index is 12.4. The molecule has 4 rings (SSSR count). The molecule has 1 N–H and O–H groups in total. The van der Waals surface area contributed by atoms with E-state index in [4.69, 9.17) is 4.74 Å². The second kappa shape index (κ2) is 9.22. The number of hydrogen-bond acceptors (Lipinski definition) is 4. The van der Waals surface area contributed by atoms with Crippen LogP contribution in [0.4, 0.5) is 10.5 Å². The van der Waals surface area contributed by atoms with Crippen molar-refractivity contribution >= 4 is 17.8 Å². The molecule has 2 amide bonds. The van der Waals surface area contributed by atoms with E-state index in [0.29, 0.717) is 24.7 Å². The fourth-order valence-electron chi connectivity index (χ4n) is 3.32. The predicted molar refractivity (Wildman–Crippen MR) is 118 cm³/mol. The molecule has 3 heterocycles. The molecule has 1 aromatic carbocycles.